The highest BCUT2D eigenvalue weighted by atomic mass is 35.5. The lowest BCUT2D eigenvalue weighted by Gasteiger charge is -2.28. The minimum Gasteiger partial charge on any atom is -1.00 e. The van der Waals surface area contributed by atoms with Crippen LogP contribution in [0.4, 0.5) is 0 Å². The molecule has 14 heavy (non-hydrogen) atoms. The number of hydrogen-bond acceptors (Lipinski definition) is 2. The molecule has 4 heteroatoms. The number of nitrogens with zero attached hydrogens (tertiary/aromatic N) is 1. The van der Waals surface area contributed by atoms with Crippen LogP contribution in [0.15, 0.2) is 0 Å². The van der Waals surface area contributed by atoms with Gasteiger partial charge in [-0.25, -0.2) is 4.84 Å². The SMILES string of the molecule is CCOCCCO[N+](C)(CC)CC.[Cl-]. The Hall–Kier alpha value is 0.170. The molecule has 0 aliphatic heterocycles. The highest BCUT2D eigenvalue weighted by molar-refractivity contribution is 4.30. The Labute approximate surface area is 94.3 Å². The molecule has 3 nitrogen and oxygen atoms in total. The molecule has 88 valence electrons. The summed E-state index contributed by atoms with van der Waals surface area (Å²) in [7, 11) is 2.11. The third-order valence-corrected chi connectivity index (χ3v) is 2.38. The van der Waals surface area contributed by atoms with Crippen LogP contribution in [0.25, 0.3) is 0 Å². The second-order valence-corrected chi connectivity index (χ2v) is 3.31. The molecular weight excluding hydrogens is 202 g/mol. The minimum absolute atomic E-state index is 0. The van der Waals surface area contributed by atoms with Crippen LogP contribution >= 0.6 is 0 Å². The van der Waals surface area contributed by atoms with Gasteiger partial charge in [0.2, 0.25) is 0 Å². The lowest BCUT2D eigenvalue weighted by Crippen LogP contribution is -3.00. The maximum Gasteiger partial charge on any atom is 0.108 e. The Balaban J connectivity index is 0. The smallest absolute Gasteiger partial charge is 0.108 e. The molecule has 0 aromatic rings. The van der Waals surface area contributed by atoms with Crippen LogP contribution < -0.4 is 12.4 Å². The van der Waals surface area contributed by atoms with Gasteiger partial charge in [0.15, 0.2) is 0 Å². The fourth-order valence-electron chi connectivity index (χ4n) is 0.996. The molecule has 0 amide bonds. The van der Waals surface area contributed by atoms with E-state index in [4.69, 9.17) is 9.57 Å². The van der Waals surface area contributed by atoms with Crippen molar-refractivity contribution in [3.63, 3.8) is 0 Å². The van der Waals surface area contributed by atoms with E-state index in [1.165, 1.54) is 0 Å². The molecule has 0 saturated heterocycles. The van der Waals surface area contributed by atoms with Gasteiger partial charge in [-0.3, -0.25) is 0 Å². The first-order valence-corrected chi connectivity index (χ1v) is 5.25. The molecule has 0 bridgehead atoms. The quantitative estimate of drug-likeness (QED) is 0.295. The molecule has 0 aliphatic rings. The number of ether oxygens (including phenoxy) is 1. The standard InChI is InChI=1S/C10H24NO2.ClH/c1-5-11(4,6-2)13-10-8-9-12-7-3;/h5-10H2,1-4H3;1H/q+1;/p-1. The molecule has 0 N–H and O–H groups in total. The van der Waals surface area contributed by atoms with Gasteiger partial charge in [-0.1, -0.05) is 0 Å². The van der Waals surface area contributed by atoms with Gasteiger partial charge < -0.3 is 17.1 Å². The Morgan fingerprint density at radius 3 is 2.00 bits per heavy atom. The molecule has 0 spiro atoms. The predicted octanol–water partition coefficient (Wildman–Crippen LogP) is -1.16. The van der Waals surface area contributed by atoms with Crippen LogP contribution in [0, 0.1) is 0 Å². The summed E-state index contributed by atoms with van der Waals surface area (Å²) in [6, 6.07) is 0. The zero-order chi connectivity index (χ0) is 10.2. The zero-order valence-electron chi connectivity index (χ0n) is 9.88. The van der Waals surface area contributed by atoms with Gasteiger partial charge in [-0.15, -0.1) is 0 Å². The van der Waals surface area contributed by atoms with Crippen molar-refractivity contribution >= 4 is 0 Å². The van der Waals surface area contributed by atoms with Gasteiger partial charge in [-0.05, 0) is 20.8 Å². The Morgan fingerprint density at radius 1 is 1.00 bits per heavy atom. The van der Waals surface area contributed by atoms with Gasteiger partial charge in [0.25, 0.3) is 0 Å². The van der Waals surface area contributed by atoms with Crippen LogP contribution in [0.1, 0.15) is 27.2 Å². The largest absolute Gasteiger partial charge is 1.00 e. The Kier molecular flexibility index (Phi) is 11.5. The van der Waals surface area contributed by atoms with Gasteiger partial charge in [0.05, 0.1) is 7.05 Å². The van der Waals surface area contributed by atoms with Crippen molar-refractivity contribution in [3.05, 3.63) is 0 Å². The molecule has 0 heterocycles. The van der Waals surface area contributed by atoms with Crippen LogP contribution in [0.5, 0.6) is 0 Å². The van der Waals surface area contributed by atoms with Crippen molar-refractivity contribution < 1.29 is 26.6 Å². The molecule has 0 aromatic heterocycles. The fourth-order valence-corrected chi connectivity index (χ4v) is 0.996. The topological polar surface area (TPSA) is 18.5 Å². The van der Waals surface area contributed by atoms with E-state index in [2.05, 4.69) is 20.9 Å². The van der Waals surface area contributed by atoms with E-state index in [9.17, 15) is 0 Å². The summed E-state index contributed by atoms with van der Waals surface area (Å²) in [4.78, 5) is 5.73. The lowest BCUT2D eigenvalue weighted by atomic mass is 10.5. The van der Waals surface area contributed by atoms with Crippen molar-refractivity contribution in [2.24, 2.45) is 0 Å². The van der Waals surface area contributed by atoms with E-state index >= 15 is 0 Å². The van der Waals surface area contributed by atoms with E-state index in [-0.39, 0.29) is 12.4 Å². The number of quaternary nitrogens is 1. The summed E-state index contributed by atoms with van der Waals surface area (Å²) in [6.45, 7) is 10.7. The summed E-state index contributed by atoms with van der Waals surface area (Å²) in [5.41, 5.74) is 0. The maximum atomic E-state index is 5.73. The third-order valence-electron chi connectivity index (χ3n) is 2.38. The summed E-state index contributed by atoms with van der Waals surface area (Å²) >= 11 is 0. The molecular formula is C10H24ClNO2. The molecule has 0 aliphatic carbocycles. The molecule has 0 unspecified atom stereocenters. The first kappa shape index (κ1) is 16.6. The van der Waals surface area contributed by atoms with Crippen molar-refractivity contribution in [2.75, 3.05) is 40.0 Å². The lowest BCUT2D eigenvalue weighted by molar-refractivity contribution is -1.09. The number of hydrogen-bond donors (Lipinski definition) is 0. The van der Waals surface area contributed by atoms with Gasteiger partial charge in [0, 0.05) is 19.6 Å². The number of halogens is 1. The van der Waals surface area contributed by atoms with E-state index in [1.807, 2.05) is 6.92 Å². The van der Waals surface area contributed by atoms with Crippen molar-refractivity contribution in [1.82, 2.24) is 0 Å². The summed E-state index contributed by atoms with van der Waals surface area (Å²) in [5.74, 6) is 0. The normalized spacial score (nSPS) is 11.1. The number of rotatable bonds is 8. The first-order valence-electron chi connectivity index (χ1n) is 5.25. The number of hydroxylamine groups is 3. The third kappa shape index (κ3) is 7.56. The Morgan fingerprint density at radius 2 is 1.57 bits per heavy atom. The van der Waals surface area contributed by atoms with Crippen molar-refractivity contribution in [3.8, 4) is 0 Å². The first-order chi connectivity index (χ1) is 6.18. The van der Waals surface area contributed by atoms with Crippen molar-refractivity contribution in [2.45, 2.75) is 27.2 Å². The molecule has 0 aromatic carbocycles. The average molecular weight is 226 g/mol. The molecule has 0 rings (SSSR count). The van der Waals surface area contributed by atoms with E-state index in [0.717, 1.165) is 39.3 Å². The van der Waals surface area contributed by atoms with Gasteiger partial charge in [-0.2, -0.15) is 4.65 Å². The second-order valence-electron chi connectivity index (χ2n) is 3.31. The average Bonchev–Trinajstić information content (AvgIpc) is 2.17. The van der Waals surface area contributed by atoms with Crippen LogP contribution in [-0.2, 0) is 9.57 Å². The fraction of sp³-hybridized carbons (Fsp3) is 1.00. The highest BCUT2D eigenvalue weighted by Crippen LogP contribution is 2.03. The predicted molar refractivity (Wildman–Crippen MR) is 54.3 cm³/mol. The summed E-state index contributed by atoms with van der Waals surface area (Å²) in [5, 5.41) is 0. The van der Waals surface area contributed by atoms with Gasteiger partial charge >= 0.3 is 0 Å². The molecule has 0 fully saturated rings. The molecule has 0 atom stereocenters. The van der Waals surface area contributed by atoms with Gasteiger partial charge in [0.1, 0.15) is 19.7 Å². The van der Waals surface area contributed by atoms with E-state index < -0.39 is 0 Å². The second kappa shape index (κ2) is 9.71. The van der Waals surface area contributed by atoms with Crippen molar-refractivity contribution in [1.29, 1.82) is 0 Å². The zero-order valence-corrected chi connectivity index (χ0v) is 10.6. The van der Waals surface area contributed by atoms with E-state index in [1.54, 1.807) is 0 Å². The monoisotopic (exact) mass is 225 g/mol. The molecule has 0 radical (unpaired) electrons. The van der Waals surface area contributed by atoms with Crippen LogP contribution in [0.3, 0.4) is 0 Å². The van der Waals surface area contributed by atoms with Crippen LogP contribution in [-0.4, -0.2) is 44.6 Å². The minimum atomic E-state index is 0. The summed E-state index contributed by atoms with van der Waals surface area (Å²) in [6.07, 6.45) is 0.988. The summed E-state index contributed by atoms with van der Waals surface area (Å²) < 4.78 is 5.93. The van der Waals surface area contributed by atoms with E-state index in [0.29, 0.717) is 4.65 Å². The van der Waals surface area contributed by atoms with Crippen LogP contribution in [0.2, 0.25) is 0 Å². The molecule has 0 saturated carbocycles. The maximum absolute atomic E-state index is 5.73. The Bertz CT molecular complexity index is 119. The highest BCUT2D eigenvalue weighted by Gasteiger charge is 2.17.